The quantitative estimate of drug-likeness (QED) is 0.151. The molecule has 0 amide bonds. The van der Waals surface area contributed by atoms with Gasteiger partial charge < -0.3 is 9.32 Å². The van der Waals surface area contributed by atoms with Crippen molar-refractivity contribution in [2.45, 2.75) is 0 Å². The monoisotopic (exact) mass is 739 g/mol. The second kappa shape index (κ2) is 14.1. The molecule has 11 aromatic rings. The molecule has 0 unspecified atom stereocenters. The number of rotatable bonds is 7. The molecule has 0 saturated heterocycles. The van der Waals surface area contributed by atoms with E-state index in [-0.39, 0.29) is 0 Å². The molecule has 58 heavy (non-hydrogen) atoms. The molecule has 0 saturated carbocycles. The number of para-hydroxylation sites is 1. The normalized spacial score (nSPS) is 11.4. The predicted octanol–water partition coefficient (Wildman–Crippen LogP) is 16.0. The van der Waals surface area contributed by atoms with Crippen molar-refractivity contribution < 1.29 is 4.42 Å². The Labute approximate surface area is 337 Å². The molecule has 0 radical (unpaired) electrons. The van der Waals surface area contributed by atoms with Gasteiger partial charge in [-0.3, -0.25) is 0 Å². The summed E-state index contributed by atoms with van der Waals surface area (Å²) < 4.78 is 6.27. The van der Waals surface area contributed by atoms with Crippen LogP contribution < -0.4 is 4.90 Å². The molecule has 11 rings (SSSR count). The van der Waals surface area contributed by atoms with Crippen molar-refractivity contribution in [3.05, 3.63) is 224 Å². The van der Waals surface area contributed by atoms with E-state index < -0.39 is 0 Å². The van der Waals surface area contributed by atoms with E-state index >= 15 is 0 Å². The van der Waals surface area contributed by atoms with Crippen LogP contribution in [0.5, 0.6) is 0 Å². The smallest absolute Gasteiger partial charge is 0.136 e. The maximum atomic E-state index is 6.27. The number of furan rings is 1. The third-order valence-electron chi connectivity index (χ3n) is 11.5. The average molecular weight is 740 g/mol. The van der Waals surface area contributed by atoms with Crippen LogP contribution >= 0.6 is 0 Å². The summed E-state index contributed by atoms with van der Waals surface area (Å²) in [4.78, 5) is 2.39. The number of hydrogen-bond acceptors (Lipinski definition) is 2. The van der Waals surface area contributed by atoms with E-state index in [1.54, 1.807) is 0 Å². The Morgan fingerprint density at radius 1 is 0.276 bits per heavy atom. The van der Waals surface area contributed by atoms with Gasteiger partial charge in [0, 0.05) is 27.8 Å². The van der Waals surface area contributed by atoms with Gasteiger partial charge in [0.15, 0.2) is 0 Å². The average Bonchev–Trinajstić information content (AvgIpc) is 3.69. The zero-order valence-corrected chi connectivity index (χ0v) is 31.7. The van der Waals surface area contributed by atoms with Crippen LogP contribution in [0.4, 0.5) is 17.1 Å². The van der Waals surface area contributed by atoms with Gasteiger partial charge >= 0.3 is 0 Å². The topological polar surface area (TPSA) is 16.4 Å². The second-order valence-electron chi connectivity index (χ2n) is 14.8. The number of hydrogen-bond donors (Lipinski definition) is 0. The highest BCUT2D eigenvalue weighted by atomic mass is 16.3. The molecule has 0 aliphatic rings. The van der Waals surface area contributed by atoms with Crippen LogP contribution in [0.2, 0.25) is 0 Å². The highest BCUT2D eigenvalue weighted by Gasteiger charge is 2.21. The molecule has 0 fully saturated rings. The fourth-order valence-corrected chi connectivity index (χ4v) is 8.81. The molecule has 272 valence electrons. The van der Waals surface area contributed by atoms with Crippen LogP contribution in [0, 0.1) is 0 Å². The lowest BCUT2D eigenvalue weighted by Crippen LogP contribution is -2.10. The zero-order chi connectivity index (χ0) is 38.4. The van der Waals surface area contributed by atoms with Gasteiger partial charge in [0.1, 0.15) is 11.2 Å². The predicted molar refractivity (Wildman–Crippen MR) is 245 cm³/mol. The Balaban J connectivity index is 1.13. The molecule has 1 aromatic heterocycles. The molecule has 2 heteroatoms. The first-order valence-corrected chi connectivity index (χ1v) is 19.8. The third kappa shape index (κ3) is 5.74. The van der Waals surface area contributed by atoms with E-state index in [1.165, 1.54) is 54.9 Å². The van der Waals surface area contributed by atoms with Gasteiger partial charge in [-0.1, -0.05) is 176 Å². The van der Waals surface area contributed by atoms with E-state index in [4.69, 9.17) is 4.42 Å². The van der Waals surface area contributed by atoms with E-state index in [1.807, 2.05) is 12.1 Å². The van der Waals surface area contributed by atoms with Crippen molar-refractivity contribution in [3.63, 3.8) is 0 Å². The number of benzene rings is 10. The summed E-state index contributed by atoms with van der Waals surface area (Å²) in [6, 6.07) is 80.7. The van der Waals surface area contributed by atoms with Crippen LogP contribution in [0.25, 0.3) is 88.0 Å². The number of anilines is 3. The highest BCUT2D eigenvalue weighted by molar-refractivity contribution is 6.22. The first kappa shape index (κ1) is 33.6. The minimum absolute atomic E-state index is 0.899. The van der Waals surface area contributed by atoms with Crippen LogP contribution in [-0.2, 0) is 0 Å². The van der Waals surface area contributed by atoms with Crippen molar-refractivity contribution in [2.24, 2.45) is 0 Å². The van der Waals surface area contributed by atoms with Gasteiger partial charge in [-0.05, 0) is 115 Å². The zero-order valence-electron chi connectivity index (χ0n) is 31.7. The summed E-state index contributed by atoms with van der Waals surface area (Å²) in [6.07, 6.45) is 0. The van der Waals surface area contributed by atoms with E-state index in [0.29, 0.717) is 0 Å². The fraction of sp³-hybridized carbons (Fsp3) is 0. The summed E-state index contributed by atoms with van der Waals surface area (Å²) in [7, 11) is 0. The standard InChI is InChI=1S/C56H37NO/c1-4-15-38(16-5-1)39-27-31-43(32-28-39)57(44-33-29-40(30-34-44)46-24-14-26-53-56(46)50-23-12-13-25-52(50)58-53)45-35-36-48-47-21-10-11-22-49(47)54(41-17-6-2-7-18-41)55(51(48)37-45)42-19-8-3-9-20-42/h1-37H. The van der Waals surface area contributed by atoms with Crippen LogP contribution in [-0.4, -0.2) is 0 Å². The van der Waals surface area contributed by atoms with Gasteiger partial charge in [-0.25, -0.2) is 0 Å². The SMILES string of the molecule is c1ccc(-c2ccc(N(c3ccc(-c4cccc5oc6ccccc6c45)cc3)c3ccc4c(c3)c(-c3ccccc3)c(-c3ccccc3)c3ccccc34)cc2)cc1. The molecular formula is C56H37NO. The molecule has 0 spiro atoms. The molecule has 1 heterocycles. The number of fused-ring (bicyclic) bond motifs is 6. The molecular weight excluding hydrogens is 703 g/mol. The summed E-state index contributed by atoms with van der Waals surface area (Å²) in [5.41, 5.74) is 14.6. The molecule has 0 N–H and O–H groups in total. The summed E-state index contributed by atoms with van der Waals surface area (Å²) in [6.45, 7) is 0. The van der Waals surface area contributed by atoms with Crippen molar-refractivity contribution in [3.8, 4) is 44.5 Å². The lowest BCUT2D eigenvalue weighted by Gasteiger charge is -2.27. The maximum absolute atomic E-state index is 6.27. The molecule has 2 nitrogen and oxygen atoms in total. The Morgan fingerprint density at radius 2 is 0.741 bits per heavy atom. The third-order valence-corrected chi connectivity index (χ3v) is 11.5. The largest absolute Gasteiger partial charge is 0.456 e. The number of nitrogens with zero attached hydrogens (tertiary/aromatic N) is 1. The lowest BCUT2D eigenvalue weighted by atomic mass is 9.85. The van der Waals surface area contributed by atoms with Gasteiger partial charge in [0.2, 0.25) is 0 Å². The van der Waals surface area contributed by atoms with Crippen molar-refractivity contribution in [1.29, 1.82) is 0 Å². The first-order valence-electron chi connectivity index (χ1n) is 19.8. The summed E-state index contributed by atoms with van der Waals surface area (Å²) in [5.74, 6) is 0. The van der Waals surface area contributed by atoms with E-state index in [2.05, 4.69) is 217 Å². The van der Waals surface area contributed by atoms with Crippen molar-refractivity contribution in [1.82, 2.24) is 0 Å². The van der Waals surface area contributed by atoms with Crippen LogP contribution in [0.3, 0.4) is 0 Å². The maximum Gasteiger partial charge on any atom is 0.136 e. The minimum Gasteiger partial charge on any atom is -0.456 e. The Morgan fingerprint density at radius 3 is 1.40 bits per heavy atom. The van der Waals surface area contributed by atoms with Gasteiger partial charge in [-0.2, -0.15) is 0 Å². The Bertz CT molecular complexity index is 3240. The molecule has 0 atom stereocenters. The molecule has 10 aromatic carbocycles. The van der Waals surface area contributed by atoms with Crippen LogP contribution in [0.15, 0.2) is 229 Å². The summed E-state index contributed by atoms with van der Waals surface area (Å²) >= 11 is 0. The minimum atomic E-state index is 0.899. The fourth-order valence-electron chi connectivity index (χ4n) is 8.81. The van der Waals surface area contributed by atoms with E-state index in [9.17, 15) is 0 Å². The second-order valence-corrected chi connectivity index (χ2v) is 14.8. The van der Waals surface area contributed by atoms with Crippen molar-refractivity contribution in [2.75, 3.05) is 4.90 Å². The Hall–Kier alpha value is -7.68. The molecule has 0 bridgehead atoms. The van der Waals surface area contributed by atoms with E-state index in [0.717, 1.165) is 50.1 Å². The van der Waals surface area contributed by atoms with Gasteiger partial charge in [0.25, 0.3) is 0 Å². The molecule has 0 aliphatic carbocycles. The lowest BCUT2D eigenvalue weighted by molar-refractivity contribution is 0.669. The highest BCUT2D eigenvalue weighted by Crippen LogP contribution is 2.47. The Kier molecular flexibility index (Phi) is 8.19. The van der Waals surface area contributed by atoms with Crippen LogP contribution in [0.1, 0.15) is 0 Å². The summed E-state index contributed by atoms with van der Waals surface area (Å²) in [5, 5.41) is 7.20. The molecule has 0 aliphatic heterocycles. The van der Waals surface area contributed by atoms with Gasteiger partial charge in [0.05, 0.1) is 0 Å². The first-order chi connectivity index (χ1) is 28.8. The van der Waals surface area contributed by atoms with Crippen molar-refractivity contribution >= 4 is 60.5 Å². The van der Waals surface area contributed by atoms with Gasteiger partial charge in [-0.15, -0.1) is 0 Å².